The van der Waals surface area contributed by atoms with Crippen LogP contribution in [-0.4, -0.2) is 42.1 Å². The molecule has 1 aromatic heterocycles. The average Bonchev–Trinajstić information content (AvgIpc) is 2.66. The number of aryl methyl sites for hydroxylation is 1. The Morgan fingerprint density at radius 3 is 2.77 bits per heavy atom. The minimum Gasteiger partial charge on any atom is -0.476 e. The summed E-state index contributed by atoms with van der Waals surface area (Å²) in [6.07, 6.45) is 3.65. The van der Waals surface area contributed by atoms with Gasteiger partial charge in [-0.2, -0.15) is 4.98 Å². The minimum atomic E-state index is -0.216. The summed E-state index contributed by atoms with van der Waals surface area (Å²) in [5, 5.41) is 3.23. The third kappa shape index (κ3) is 4.85. The second-order valence-electron chi connectivity index (χ2n) is 6.24. The molecule has 0 spiro atoms. The van der Waals surface area contributed by atoms with Crippen molar-refractivity contribution in [3.05, 3.63) is 46.7 Å². The molecule has 7 heteroatoms. The standard InChI is InChI=1S/C19H23ClN4O2/c1-14-22-17(24-10-5-2-6-11-24)13-18(23-14)26-12-9-21-19(25)15-7-3-4-8-16(15)20/h3-4,7-8,13H,2,5-6,9-12H2,1H3,(H,21,25). The van der Waals surface area contributed by atoms with Crippen LogP contribution in [0.5, 0.6) is 5.88 Å². The molecule has 0 atom stereocenters. The molecule has 1 aliphatic heterocycles. The van der Waals surface area contributed by atoms with Gasteiger partial charge in [-0.25, -0.2) is 4.98 Å². The van der Waals surface area contributed by atoms with Gasteiger partial charge in [-0.1, -0.05) is 23.7 Å². The number of rotatable bonds is 6. The predicted molar refractivity (Wildman–Crippen MR) is 102 cm³/mol. The highest BCUT2D eigenvalue weighted by Crippen LogP contribution is 2.21. The summed E-state index contributed by atoms with van der Waals surface area (Å²) in [4.78, 5) is 23.2. The number of ether oxygens (including phenoxy) is 1. The largest absolute Gasteiger partial charge is 0.476 e. The summed E-state index contributed by atoms with van der Waals surface area (Å²) in [6, 6.07) is 8.83. The van der Waals surface area contributed by atoms with Crippen molar-refractivity contribution in [1.82, 2.24) is 15.3 Å². The molecule has 1 N–H and O–H groups in total. The zero-order valence-electron chi connectivity index (χ0n) is 14.9. The number of aromatic nitrogens is 2. The summed E-state index contributed by atoms with van der Waals surface area (Å²) in [5.74, 6) is 1.91. The molecular weight excluding hydrogens is 352 g/mol. The highest BCUT2D eigenvalue weighted by Gasteiger charge is 2.14. The van der Waals surface area contributed by atoms with E-state index in [1.54, 1.807) is 24.3 Å². The van der Waals surface area contributed by atoms with Crippen LogP contribution in [0.3, 0.4) is 0 Å². The molecule has 1 saturated heterocycles. The van der Waals surface area contributed by atoms with Crippen molar-refractivity contribution in [1.29, 1.82) is 0 Å². The SMILES string of the molecule is Cc1nc(OCCNC(=O)c2ccccc2Cl)cc(N2CCCCC2)n1. The normalized spacial score (nSPS) is 14.2. The first-order valence-corrected chi connectivity index (χ1v) is 9.27. The van der Waals surface area contributed by atoms with E-state index in [4.69, 9.17) is 16.3 Å². The quantitative estimate of drug-likeness (QED) is 0.786. The Morgan fingerprint density at radius 1 is 1.23 bits per heavy atom. The number of amides is 1. The number of benzene rings is 1. The van der Waals surface area contributed by atoms with Crippen LogP contribution in [0.25, 0.3) is 0 Å². The summed E-state index contributed by atoms with van der Waals surface area (Å²) in [7, 11) is 0. The van der Waals surface area contributed by atoms with Crippen molar-refractivity contribution >= 4 is 23.3 Å². The average molecular weight is 375 g/mol. The van der Waals surface area contributed by atoms with E-state index >= 15 is 0 Å². The van der Waals surface area contributed by atoms with Crippen molar-refractivity contribution in [3.63, 3.8) is 0 Å². The molecule has 26 heavy (non-hydrogen) atoms. The zero-order chi connectivity index (χ0) is 18.4. The highest BCUT2D eigenvalue weighted by molar-refractivity contribution is 6.33. The van der Waals surface area contributed by atoms with E-state index in [0.717, 1.165) is 18.9 Å². The van der Waals surface area contributed by atoms with Crippen LogP contribution in [0.4, 0.5) is 5.82 Å². The summed E-state index contributed by atoms with van der Waals surface area (Å²) in [6.45, 7) is 4.59. The Kier molecular flexibility index (Phi) is 6.28. The first kappa shape index (κ1) is 18.5. The lowest BCUT2D eigenvalue weighted by atomic mass is 10.1. The smallest absolute Gasteiger partial charge is 0.252 e. The van der Waals surface area contributed by atoms with Gasteiger partial charge in [0, 0.05) is 19.2 Å². The number of anilines is 1. The van der Waals surface area contributed by atoms with Gasteiger partial charge in [-0.3, -0.25) is 4.79 Å². The Balaban J connectivity index is 1.52. The van der Waals surface area contributed by atoms with E-state index in [1.807, 2.05) is 13.0 Å². The van der Waals surface area contributed by atoms with Crippen LogP contribution >= 0.6 is 11.6 Å². The molecule has 0 aliphatic carbocycles. The fourth-order valence-corrected chi connectivity index (χ4v) is 3.17. The fraction of sp³-hybridized carbons (Fsp3) is 0.421. The molecule has 1 aliphatic rings. The van der Waals surface area contributed by atoms with Gasteiger partial charge in [-0.05, 0) is 38.3 Å². The van der Waals surface area contributed by atoms with Crippen LogP contribution in [0.1, 0.15) is 35.4 Å². The van der Waals surface area contributed by atoms with Gasteiger partial charge in [0.2, 0.25) is 5.88 Å². The van der Waals surface area contributed by atoms with Crippen molar-refractivity contribution in [2.45, 2.75) is 26.2 Å². The maximum absolute atomic E-state index is 12.1. The summed E-state index contributed by atoms with van der Waals surface area (Å²) >= 11 is 6.02. The van der Waals surface area contributed by atoms with E-state index in [9.17, 15) is 4.79 Å². The van der Waals surface area contributed by atoms with Crippen LogP contribution in [0.2, 0.25) is 5.02 Å². The number of carbonyl (C=O) groups excluding carboxylic acids is 1. The number of carbonyl (C=O) groups is 1. The van der Waals surface area contributed by atoms with E-state index in [-0.39, 0.29) is 5.91 Å². The van der Waals surface area contributed by atoms with Gasteiger partial charge in [-0.15, -0.1) is 0 Å². The minimum absolute atomic E-state index is 0.216. The van der Waals surface area contributed by atoms with Gasteiger partial charge < -0.3 is 15.0 Å². The number of halogens is 1. The zero-order valence-corrected chi connectivity index (χ0v) is 15.6. The molecule has 3 rings (SSSR count). The molecule has 138 valence electrons. The van der Waals surface area contributed by atoms with Crippen molar-refractivity contribution in [2.75, 3.05) is 31.1 Å². The molecule has 0 unspecified atom stereocenters. The number of hydrogen-bond acceptors (Lipinski definition) is 5. The molecule has 6 nitrogen and oxygen atoms in total. The van der Waals surface area contributed by atoms with Crippen LogP contribution in [0, 0.1) is 6.92 Å². The van der Waals surface area contributed by atoms with Crippen LogP contribution < -0.4 is 15.0 Å². The number of hydrogen-bond donors (Lipinski definition) is 1. The van der Waals surface area contributed by atoms with E-state index in [2.05, 4.69) is 20.2 Å². The molecule has 0 bridgehead atoms. The molecule has 0 saturated carbocycles. The number of nitrogens with zero attached hydrogens (tertiary/aromatic N) is 3. The van der Waals surface area contributed by atoms with Gasteiger partial charge in [0.05, 0.1) is 17.1 Å². The highest BCUT2D eigenvalue weighted by atomic mass is 35.5. The van der Waals surface area contributed by atoms with Crippen molar-refractivity contribution < 1.29 is 9.53 Å². The third-order valence-corrected chi connectivity index (χ3v) is 4.57. The lowest BCUT2D eigenvalue weighted by Crippen LogP contribution is -2.30. The molecule has 1 fully saturated rings. The van der Waals surface area contributed by atoms with E-state index < -0.39 is 0 Å². The number of piperidine rings is 1. The van der Waals surface area contributed by atoms with Gasteiger partial charge in [0.1, 0.15) is 18.2 Å². The number of nitrogens with one attached hydrogen (secondary N) is 1. The lowest BCUT2D eigenvalue weighted by molar-refractivity contribution is 0.0946. The van der Waals surface area contributed by atoms with Crippen LogP contribution in [-0.2, 0) is 0 Å². The third-order valence-electron chi connectivity index (χ3n) is 4.24. The molecule has 1 aromatic carbocycles. The second-order valence-corrected chi connectivity index (χ2v) is 6.65. The molecule has 0 radical (unpaired) electrons. The topological polar surface area (TPSA) is 67.3 Å². The Labute approximate surface area is 158 Å². The molecule has 2 heterocycles. The molecule has 1 amide bonds. The van der Waals surface area contributed by atoms with Gasteiger partial charge >= 0.3 is 0 Å². The van der Waals surface area contributed by atoms with E-state index in [1.165, 1.54) is 19.3 Å². The Hall–Kier alpha value is -2.34. The second kappa shape index (κ2) is 8.85. The van der Waals surface area contributed by atoms with Crippen molar-refractivity contribution in [2.24, 2.45) is 0 Å². The summed E-state index contributed by atoms with van der Waals surface area (Å²) < 4.78 is 5.71. The maximum Gasteiger partial charge on any atom is 0.252 e. The first-order chi connectivity index (χ1) is 12.6. The lowest BCUT2D eigenvalue weighted by Gasteiger charge is -2.28. The fourth-order valence-electron chi connectivity index (χ4n) is 2.94. The maximum atomic E-state index is 12.1. The molecule has 2 aromatic rings. The predicted octanol–water partition coefficient (Wildman–Crippen LogP) is 3.24. The first-order valence-electron chi connectivity index (χ1n) is 8.89. The Morgan fingerprint density at radius 2 is 2.00 bits per heavy atom. The molecular formula is C19H23ClN4O2. The monoisotopic (exact) mass is 374 g/mol. The van der Waals surface area contributed by atoms with E-state index in [0.29, 0.717) is 35.4 Å². The van der Waals surface area contributed by atoms with Gasteiger partial charge in [0.25, 0.3) is 5.91 Å². The van der Waals surface area contributed by atoms with Gasteiger partial charge in [0.15, 0.2) is 0 Å². The Bertz CT molecular complexity index is 763. The van der Waals surface area contributed by atoms with Crippen molar-refractivity contribution in [3.8, 4) is 5.88 Å². The van der Waals surface area contributed by atoms with Crippen LogP contribution in [0.15, 0.2) is 30.3 Å². The summed E-state index contributed by atoms with van der Waals surface area (Å²) in [5.41, 5.74) is 0.458.